The quantitative estimate of drug-likeness (QED) is 0.855. The number of rotatable bonds is 5. The Morgan fingerprint density at radius 3 is 2.53 bits per heavy atom. The Morgan fingerprint density at radius 2 is 2.06 bits per heavy atom. The molecule has 0 spiro atoms. The van der Waals surface area contributed by atoms with Gasteiger partial charge in [0.25, 0.3) is 0 Å². The molecule has 2 unspecified atom stereocenters. The fraction of sp³-hybridized carbons (Fsp3) is 0.538. The second-order valence-electron chi connectivity index (χ2n) is 4.34. The van der Waals surface area contributed by atoms with Crippen LogP contribution in [0.1, 0.15) is 25.0 Å². The fourth-order valence-corrected chi connectivity index (χ4v) is 1.79. The molecule has 0 saturated carbocycles. The van der Waals surface area contributed by atoms with Crippen LogP contribution in [-0.2, 0) is 9.47 Å². The van der Waals surface area contributed by atoms with Gasteiger partial charge < -0.3 is 15.2 Å². The molecule has 2 atom stereocenters. The normalized spacial score (nSPS) is 19.7. The van der Waals surface area contributed by atoms with Gasteiger partial charge in [0.15, 0.2) is 0 Å². The van der Waals surface area contributed by atoms with E-state index in [9.17, 15) is 4.39 Å². The molecule has 1 aliphatic rings. The average molecular weight is 239 g/mol. The Bertz CT molecular complexity index is 351. The molecule has 1 aromatic rings. The van der Waals surface area contributed by atoms with Crippen molar-refractivity contribution in [2.24, 2.45) is 5.73 Å². The van der Waals surface area contributed by atoms with Crippen molar-refractivity contribution in [3.63, 3.8) is 0 Å². The van der Waals surface area contributed by atoms with E-state index in [4.69, 9.17) is 15.2 Å². The molecule has 1 aromatic carbocycles. The van der Waals surface area contributed by atoms with E-state index in [0.29, 0.717) is 13.2 Å². The summed E-state index contributed by atoms with van der Waals surface area (Å²) in [7, 11) is 0. The molecule has 2 N–H and O–H groups in total. The van der Waals surface area contributed by atoms with Crippen LogP contribution in [-0.4, -0.2) is 25.4 Å². The molecule has 1 saturated heterocycles. The van der Waals surface area contributed by atoms with Crippen LogP contribution in [0.5, 0.6) is 0 Å². The van der Waals surface area contributed by atoms with E-state index < -0.39 is 0 Å². The third kappa shape index (κ3) is 3.03. The van der Waals surface area contributed by atoms with Crippen LogP contribution in [0.4, 0.5) is 4.39 Å². The highest BCUT2D eigenvalue weighted by Crippen LogP contribution is 2.26. The highest BCUT2D eigenvalue weighted by atomic mass is 19.1. The lowest BCUT2D eigenvalue weighted by atomic mass is 10.0. The zero-order chi connectivity index (χ0) is 12.3. The van der Waals surface area contributed by atoms with Crippen molar-refractivity contribution in [3.8, 4) is 0 Å². The zero-order valence-electron chi connectivity index (χ0n) is 9.93. The van der Waals surface area contributed by atoms with Gasteiger partial charge in [0.1, 0.15) is 11.9 Å². The van der Waals surface area contributed by atoms with Crippen LogP contribution < -0.4 is 5.73 Å². The summed E-state index contributed by atoms with van der Waals surface area (Å²) in [5.41, 5.74) is 6.98. The van der Waals surface area contributed by atoms with E-state index in [1.54, 1.807) is 12.1 Å². The van der Waals surface area contributed by atoms with Gasteiger partial charge in [-0.2, -0.15) is 0 Å². The van der Waals surface area contributed by atoms with E-state index in [2.05, 4.69) is 0 Å². The monoisotopic (exact) mass is 239 g/mol. The van der Waals surface area contributed by atoms with Crippen LogP contribution >= 0.6 is 0 Å². The van der Waals surface area contributed by atoms with E-state index in [1.807, 2.05) is 6.92 Å². The number of halogens is 1. The predicted molar refractivity (Wildman–Crippen MR) is 63.1 cm³/mol. The molecular formula is C13H18FNO2. The van der Waals surface area contributed by atoms with Gasteiger partial charge >= 0.3 is 0 Å². The SMILES string of the molecule is CCC(N)C(OC1COC1)c1ccc(F)cc1. The van der Waals surface area contributed by atoms with Gasteiger partial charge in [0.05, 0.1) is 19.3 Å². The minimum absolute atomic E-state index is 0.0824. The molecule has 1 fully saturated rings. The number of ether oxygens (including phenoxy) is 2. The van der Waals surface area contributed by atoms with E-state index in [-0.39, 0.29) is 24.1 Å². The maximum Gasteiger partial charge on any atom is 0.123 e. The minimum Gasteiger partial charge on any atom is -0.376 e. The van der Waals surface area contributed by atoms with Crippen molar-refractivity contribution in [3.05, 3.63) is 35.6 Å². The Kier molecular flexibility index (Phi) is 4.10. The largest absolute Gasteiger partial charge is 0.376 e. The summed E-state index contributed by atoms with van der Waals surface area (Å²) in [4.78, 5) is 0. The van der Waals surface area contributed by atoms with Crippen molar-refractivity contribution < 1.29 is 13.9 Å². The Labute approximate surface area is 101 Å². The molecule has 0 aliphatic carbocycles. The first-order valence-electron chi connectivity index (χ1n) is 5.95. The standard InChI is InChI=1S/C13H18FNO2/c1-2-12(15)13(17-11-7-16-8-11)9-3-5-10(14)6-4-9/h3-6,11-13H,2,7-8,15H2,1H3. The summed E-state index contributed by atoms with van der Waals surface area (Å²) in [5, 5.41) is 0. The van der Waals surface area contributed by atoms with Crippen LogP contribution in [0.25, 0.3) is 0 Å². The average Bonchev–Trinajstić information content (AvgIpc) is 2.29. The number of nitrogens with two attached hydrogens (primary N) is 1. The number of benzene rings is 1. The van der Waals surface area contributed by atoms with Crippen molar-refractivity contribution in [2.75, 3.05) is 13.2 Å². The summed E-state index contributed by atoms with van der Waals surface area (Å²) in [6.45, 7) is 3.25. The van der Waals surface area contributed by atoms with Crippen LogP contribution in [0.3, 0.4) is 0 Å². The Morgan fingerprint density at radius 1 is 1.41 bits per heavy atom. The fourth-order valence-electron chi connectivity index (χ4n) is 1.79. The summed E-state index contributed by atoms with van der Waals surface area (Å²) in [6.07, 6.45) is 0.743. The third-order valence-corrected chi connectivity index (χ3v) is 3.01. The molecule has 0 bridgehead atoms. The number of hydrogen-bond acceptors (Lipinski definition) is 3. The topological polar surface area (TPSA) is 44.5 Å². The van der Waals surface area contributed by atoms with E-state index in [0.717, 1.165) is 12.0 Å². The van der Waals surface area contributed by atoms with Crippen LogP contribution in [0.2, 0.25) is 0 Å². The highest BCUT2D eigenvalue weighted by molar-refractivity contribution is 5.20. The lowest BCUT2D eigenvalue weighted by molar-refractivity contribution is -0.160. The molecule has 94 valence electrons. The lowest BCUT2D eigenvalue weighted by Gasteiger charge is -2.33. The van der Waals surface area contributed by atoms with Gasteiger partial charge in [0, 0.05) is 6.04 Å². The Balaban J connectivity index is 2.10. The van der Waals surface area contributed by atoms with Gasteiger partial charge in [-0.3, -0.25) is 0 Å². The summed E-state index contributed by atoms with van der Waals surface area (Å²) in [6, 6.07) is 6.25. The second kappa shape index (κ2) is 5.58. The van der Waals surface area contributed by atoms with Crippen LogP contribution in [0.15, 0.2) is 24.3 Å². The summed E-state index contributed by atoms with van der Waals surface area (Å²) < 4.78 is 23.9. The molecule has 1 heterocycles. The maximum absolute atomic E-state index is 12.9. The third-order valence-electron chi connectivity index (χ3n) is 3.01. The minimum atomic E-state index is -0.246. The summed E-state index contributed by atoms with van der Waals surface area (Å²) >= 11 is 0. The second-order valence-corrected chi connectivity index (χ2v) is 4.34. The molecule has 1 aliphatic heterocycles. The first kappa shape index (κ1) is 12.5. The van der Waals surface area contributed by atoms with Crippen LogP contribution in [0, 0.1) is 5.82 Å². The van der Waals surface area contributed by atoms with E-state index in [1.165, 1.54) is 12.1 Å². The first-order valence-corrected chi connectivity index (χ1v) is 5.95. The van der Waals surface area contributed by atoms with Gasteiger partial charge in [0.2, 0.25) is 0 Å². The predicted octanol–water partition coefficient (Wildman–Crippen LogP) is 2.02. The van der Waals surface area contributed by atoms with Crippen molar-refractivity contribution in [1.29, 1.82) is 0 Å². The first-order chi connectivity index (χ1) is 8.20. The molecular weight excluding hydrogens is 221 g/mol. The molecule has 17 heavy (non-hydrogen) atoms. The maximum atomic E-state index is 12.9. The summed E-state index contributed by atoms with van der Waals surface area (Å²) in [5.74, 6) is -0.246. The van der Waals surface area contributed by atoms with Gasteiger partial charge in [-0.25, -0.2) is 4.39 Å². The molecule has 0 radical (unpaired) electrons. The van der Waals surface area contributed by atoms with Gasteiger partial charge in [-0.05, 0) is 24.1 Å². The van der Waals surface area contributed by atoms with Crippen molar-refractivity contribution in [1.82, 2.24) is 0 Å². The Hall–Kier alpha value is -0.970. The van der Waals surface area contributed by atoms with Crippen molar-refractivity contribution in [2.45, 2.75) is 31.6 Å². The van der Waals surface area contributed by atoms with Crippen molar-refractivity contribution >= 4 is 0 Å². The number of hydrogen-bond donors (Lipinski definition) is 1. The molecule has 2 rings (SSSR count). The smallest absolute Gasteiger partial charge is 0.123 e. The zero-order valence-corrected chi connectivity index (χ0v) is 9.93. The van der Waals surface area contributed by atoms with Gasteiger partial charge in [-0.15, -0.1) is 0 Å². The van der Waals surface area contributed by atoms with Gasteiger partial charge in [-0.1, -0.05) is 19.1 Å². The molecule has 4 heteroatoms. The molecule has 0 amide bonds. The van der Waals surface area contributed by atoms with E-state index >= 15 is 0 Å². The highest BCUT2D eigenvalue weighted by Gasteiger charge is 2.27. The lowest BCUT2D eigenvalue weighted by Crippen LogP contribution is -2.41. The molecule has 0 aromatic heterocycles. The molecule has 3 nitrogen and oxygen atoms in total.